The predicted molar refractivity (Wildman–Crippen MR) is 134 cm³/mol. The molecule has 0 aliphatic heterocycles. The minimum absolute atomic E-state index is 0.00625. The number of hydrogen-bond acceptors (Lipinski definition) is 7. The van der Waals surface area contributed by atoms with Crippen molar-refractivity contribution in [1.29, 1.82) is 10.7 Å². The van der Waals surface area contributed by atoms with Gasteiger partial charge in [-0.3, -0.25) is 19.7 Å². The Morgan fingerprint density at radius 3 is 2.97 bits per heavy atom. The van der Waals surface area contributed by atoms with E-state index in [0.717, 1.165) is 31.2 Å². The second-order valence-electron chi connectivity index (χ2n) is 8.53. The number of aromatic amines is 1. The molecule has 5 N–H and O–H groups in total. The molecule has 0 bridgehead atoms. The topological polar surface area (TPSA) is 151 Å². The predicted octanol–water partition coefficient (Wildman–Crippen LogP) is 3.09. The summed E-state index contributed by atoms with van der Waals surface area (Å²) >= 11 is 0. The first-order valence-electron chi connectivity index (χ1n) is 11.6. The molecule has 180 valence electrons. The largest absolute Gasteiger partial charge is 0.394 e. The van der Waals surface area contributed by atoms with Gasteiger partial charge in [0.2, 0.25) is 5.91 Å². The molecule has 2 heterocycles. The van der Waals surface area contributed by atoms with Crippen molar-refractivity contribution in [2.45, 2.75) is 38.1 Å². The Bertz CT molecular complexity index is 1360. The Morgan fingerprint density at radius 2 is 2.17 bits per heavy atom. The van der Waals surface area contributed by atoms with Gasteiger partial charge in [-0.05, 0) is 48.9 Å². The zero-order chi connectivity index (χ0) is 24.8. The Balaban J connectivity index is 1.59. The molecule has 1 amide bonds. The van der Waals surface area contributed by atoms with Crippen LogP contribution in [0.4, 0.5) is 11.5 Å². The lowest BCUT2D eigenvalue weighted by atomic mass is 9.85. The van der Waals surface area contributed by atoms with Crippen LogP contribution in [0.3, 0.4) is 0 Å². The normalized spacial score (nSPS) is 17.7. The van der Waals surface area contributed by atoms with Gasteiger partial charge in [-0.2, -0.15) is 10.4 Å². The van der Waals surface area contributed by atoms with Gasteiger partial charge in [0, 0.05) is 18.9 Å². The second kappa shape index (κ2) is 10.7. The lowest BCUT2D eigenvalue weighted by Crippen LogP contribution is -2.30. The molecule has 0 saturated heterocycles. The molecule has 1 aliphatic rings. The lowest BCUT2D eigenvalue weighted by molar-refractivity contribution is -0.119. The van der Waals surface area contributed by atoms with Crippen molar-refractivity contribution in [3.63, 3.8) is 0 Å². The van der Waals surface area contributed by atoms with Gasteiger partial charge in [0.05, 0.1) is 30.0 Å². The highest BCUT2D eigenvalue weighted by molar-refractivity contribution is 6.03. The summed E-state index contributed by atoms with van der Waals surface area (Å²) in [4.78, 5) is 27.7. The maximum Gasteiger partial charge on any atom is 0.261 e. The minimum atomic E-state index is -0.307. The maximum atomic E-state index is 12.7. The van der Waals surface area contributed by atoms with Crippen LogP contribution in [0.2, 0.25) is 0 Å². The fourth-order valence-corrected chi connectivity index (χ4v) is 4.48. The summed E-state index contributed by atoms with van der Waals surface area (Å²) in [5.74, 6) is -0.0561. The number of nitrogens with one attached hydrogen (secondary N) is 5. The van der Waals surface area contributed by atoms with E-state index in [9.17, 15) is 14.9 Å². The molecule has 1 aromatic carbocycles. The second-order valence-corrected chi connectivity index (χ2v) is 8.53. The van der Waals surface area contributed by atoms with Gasteiger partial charge < -0.3 is 20.9 Å². The van der Waals surface area contributed by atoms with Gasteiger partial charge in [0.15, 0.2) is 5.82 Å². The average molecular weight is 473 g/mol. The molecule has 2 atom stereocenters. The number of amidine groups is 1. The molecule has 0 radical (unpaired) electrons. The SMILES string of the molecule is CN/C=C\C(=N)NC(=O)Cc1cccc(Nc2nn(C3CCCC[C@H]3C#N)c3cc[nH]c(=O)c23)c1. The molecular formula is C25H28N8O2. The van der Waals surface area contributed by atoms with E-state index in [1.54, 1.807) is 19.4 Å². The number of anilines is 2. The van der Waals surface area contributed by atoms with E-state index < -0.39 is 0 Å². The fraction of sp³-hybridized carbons (Fsp3) is 0.320. The van der Waals surface area contributed by atoms with Crippen LogP contribution < -0.4 is 21.5 Å². The summed E-state index contributed by atoms with van der Waals surface area (Å²) in [6.45, 7) is 0. The molecule has 1 saturated carbocycles. The number of aromatic nitrogens is 3. The van der Waals surface area contributed by atoms with Crippen molar-refractivity contribution < 1.29 is 4.79 Å². The molecule has 3 aromatic rings. The highest BCUT2D eigenvalue weighted by atomic mass is 16.1. The molecule has 1 fully saturated rings. The monoisotopic (exact) mass is 472 g/mol. The summed E-state index contributed by atoms with van der Waals surface area (Å²) in [5.41, 5.74) is 1.85. The number of H-pyrrole nitrogens is 1. The molecule has 10 heteroatoms. The van der Waals surface area contributed by atoms with Crippen LogP contribution in [-0.2, 0) is 11.2 Å². The van der Waals surface area contributed by atoms with Crippen LogP contribution in [-0.4, -0.2) is 33.6 Å². The van der Waals surface area contributed by atoms with Crippen molar-refractivity contribution in [3.05, 3.63) is 64.7 Å². The van der Waals surface area contributed by atoms with E-state index in [1.165, 1.54) is 6.08 Å². The van der Waals surface area contributed by atoms with Crippen LogP contribution in [0.15, 0.2) is 53.6 Å². The first-order chi connectivity index (χ1) is 17.0. The molecule has 2 aromatic heterocycles. The van der Waals surface area contributed by atoms with E-state index in [2.05, 4.69) is 27.0 Å². The molecule has 35 heavy (non-hydrogen) atoms. The van der Waals surface area contributed by atoms with Gasteiger partial charge in [-0.15, -0.1) is 0 Å². The van der Waals surface area contributed by atoms with Gasteiger partial charge in [-0.1, -0.05) is 25.0 Å². The highest BCUT2D eigenvalue weighted by Crippen LogP contribution is 2.36. The van der Waals surface area contributed by atoms with Crippen LogP contribution in [0.5, 0.6) is 0 Å². The van der Waals surface area contributed by atoms with E-state index in [-0.39, 0.29) is 35.7 Å². The smallest absolute Gasteiger partial charge is 0.261 e. The zero-order valence-corrected chi connectivity index (χ0v) is 19.5. The third-order valence-electron chi connectivity index (χ3n) is 6.08. The Kier molecular flexibility index (Phi) is 7.26. The number of amides is 1. The Hall–Kier alpha value is -4.39. The highest BCUT2D eigenvalue weighted by Gasteiger charge is 2.29. The number of carbonyl (C=O) groups is 1. The number of benzene rings is 1. The number of carbonyl (C=O) groups excluding carboxylic acids is 1. The molecule has 1 aliphatic carbocycles. The van der Waals surface area contributed by atoms with E-state index in [4.69, 9.17) is 10.5 Å². The van der Waals surface area contributed by atoms with E-state index in [0.29, 0.717) is 22.4 Å². The molecule has 1 unspecified atom stereocenters. The first-order valence-corrected chi connectivity index (χ1v) is 11.6. The quantitative estimate of drug-likeness (QED) is 0.263. The fourth-order valence-electron chi connectivity index (χ4n) is 4.48. The van der Waals surface area contributed by atoms with Crippen molar-refractivity contribution in [1.82, 2.24) is 25.4 Å². The van der Waals surface area contributed by atoms with E-state index in [1.807, 2.05) is 35.0 Å². The van der Waals surface area contributed by atoms with E-state index >= 15 is 0 Å². The number of pyridine rings is 1. The third kappa shape index (κ3) is 5.41. The van der Waals surface area contributed by atoms with Crippen LogP contribution >= 0.6 is 0 Å². The van der Waals surface area contributed by atoms with Crippen molar-refractivity contribution in [2.75, 3.05) is 12.4 Å². The Morgan fingerprint density at radius 1 is 1.34 bits per heavy atom. The van der Waals surface area contributed by atoms with Crippen LogP contribution in [0.1, 0.15) is 37.3 Å². The number of nitrogens with zero attached hydrogens (tertiary/aromatic N) is 3. The Labute approximate surface area is 202 Å². The average Bonchev–Trinajstić information content (AvgIpc) is 3.22. The van der Waals surface area contributed by atoms with Gasteiger partial charge in [0.25, 0.3) is 5.56 Å². The van der Waals surface area contributed by atoms with Crippen molar-refractivity contribution in [3.8, 4) is 6.07 Å². The summed E-state index contributed by atoms with van der Waals surface area (Å²) in [5, 5.41) is 31.1. The zero-order valence-electron chi connectivity index (χ0n) is 19.5. The van der Waals surface area contributed by atoms with Crippen LogP contribution in [0.25, 0.3) is 10.9 Å². The van der Waals surface area contributed by atoms with Gasteiger partial charge in [0.1, 0.15) is 11.2 Å². The van der Waals surface area contributed by atoms with Gasteiger partial charge in [-0.25, -0.2) is 0 Å². The molecular weight excluding hydrogens is 444 g/mol. The molecule has 0 spiro atoms. The number of hydrogen-bond donors (Lipinski definition) is 5. The third-order valence-corrected chi connectivity index (χ3v) is 6.08. The first kappa shape index (κ1) is 23.8. The lowest BCUT2D eigenvalue weighted by Gasteiger charge is -2.27. The number of rotatable bonds is 7. The molecule has 4 rings (SSSR count). The number of nitriles is 1. The minimum Gasteiger partial charge on any atom is -0.394 e. The van der Waals surface area contributed by atoms with Gasteiger partial charge >= 0.3 is 0 Å². The maximum absolute atomic E-state index is 12.7. The summed E-state index contributed by atoms with van der Waals surface area (Å²) in [6.07, 6.45) is 8.40. The summed E-state index contributed by atoms with van der Waals surface area (Å²) < 4.78 is 1.82. The standard InChI is InChI=1S/C25H28N8O2/c1-28-11-10-21(27)31-22(34)14-16-5-4-7-18(13-16)30-24-23-20(9-12-29-25(23)35)33(32-24)19-8-3-2-6-17(19)15-26/h4-5,7,9-13,17,19,28H,2-3,6,8,14H2,1H3,(H,29,35)(H,30,32)(H2,27,31,34)/b11-10-/t17-,19?/m0/s1. The molecule has 10 nitrogen and oxygen atoms in total. The van der Waals surface area contributed by atoms with Crippen LogP contribution in [0, 0.1) is 22.7 Å². The summed E-state index contributed by atoms with van der Waals surface area (Å²) in [6, 6.07) is 11.4. The van der Waals surface area contributed by atoms with Crippen molar-refractivity contribution in [2.24, 2.45) is 5.92 Å². The summed E-state index contributed by atoms with van der Waals surface area (Å²) in [7, 11) is 1.71. The number of fused-ring (bicyclic) bond motifs is 1. The van der Waals surface area contributed by atoms with Crippen molar-refractivity contribution >= 4 is 34.2 Å².